The van der Waals surface area contributed by atoms with Crippen molar-refractivity contribution in [3.8, 4) is 17.2 Å². The average Bonchev–Trinajstić information content (AvgIpc) is 3.31. The van der Waals surface area contributed by atoms with E-state index in [4.69, 9.17) is 16.3 Å². The summed E-state index contributed by atoms with van der Waals surface area (Å²) in [5.74, 6) is 0.207. The van der Waals surface area contributed by atoms with E-state index >= 15 is 0 Å². The number of aryl methyl sites for hydroxylation is 2. The number of halogens is 5. The molecule has 5 nitrogen and oxygen atoms in total. The van der Waals surface area contributed by atoms with Crippen molar-refractivity contribution in [1.29, 1.82) is 0 Å². The quantitative estimate of drug-likeness (QED) is 0.148. The van der Waals surface area contributed by atoms with Gasteiger partial charge < -0.3 is 19.9 Å². The van der Waals surface area contributed by atoms with Crippen molar-refractivity contribution in [3.63, 3.8) is 0 Å². The lowest BCUT2D eigenvalue weighted by molar-refractivity contribution is -0.253. The maximum Gasteiger partial charge on any atom is 0.461 e. The Balaban J connectivity index is 1.41. The van der Waals surface area contributed by atoms with Gasteiger partial charge in [-0.2, -0.15) is 17.6 Å². The molecular formula is C37H34ClF4NO4. The topological polar surface area (TPSA) is 67.8 Å². The molecule has 2 N–H and O–H groups in total. The molecule has 0 fully saturated rings. The zero-order valence-electron chi connectivity index (χ0n) is 25.6. The minimum Gasteiger partial charge on any atom is -0.457 e. The highest BCUT2D eigenvalue weighted by molar-refractivity contribution is 6.31. The number of fused-ring (bicyclic) bond motifs is 1. The molecule has 0 saturated carbocycles. The molecule has 2 unspecified atom stereocenters. The summed E-state index contributed by atoms with van der Waals surface area (Å²) in [6, 6.07) is 21.9. The van der Waals surface area contributed by atoms with E-state index < -0.39 is 36.3 Å². The van der Waals surface area contributed by atoms with Crippen LogP contribution < -0.4 is 14.8 Å². The summed E-state index contributed by atoms with van der Waals surface area (Å²) in [6.07, 6.45) is -2.64. The summed E-state index contributed by atoms with van der Waals surface area (Å²) in [7, 11) is 0. The Labute approximate surface area is 275 Å². The predicted molar refractivity (Wildman–Crippen MR) is 174 cm³/mol. The molecule has 47 heavy (non-hydrogen) atoms. The molecule has 0 aliphatic heterocycles. The fourth-order valence-corrected chi connectivity index (χ4v) is 5.75. The number of rotatable bonds is 12. The first kappa shape index (κ1) is 34.0. The van der Waals surface area contributed by atoms with Crippen LogP contribution in [0.5, 0.6) is 17.2 Å². The Morgan fingerprint density at radius 2 is 1.72 bits per heavy atom. The zero-order chi connectivity index (χ0) is 33.6. The van der Waals surface area contributed by atoms with Crippen molar-refractivity contribution in [2.24, 2.45) is 0 Å². The van der Waals surface area contributed by atoms with E-state index in [2.05, 4.69) is 10.1 Å². The van der Waals surface area contributed by atoms with Gasteiger partial charge in [-0.25, -0.2) is 0 Å². The van der Waals surface area contributed by atoms with Crippen LogP contribution in [0.1, 0.15) is 64.0 Å². The fourth-order valence-electron chi connectivity index (χ4n) is 5.50. The van der Waals surface area contributed by atoms with Crippen LogP contribution in [0, 0.1) is 0 Å². The summed E-state index contributed by atoms with van der Waals surface area (Å²) in [6.45, 7) is 1.99. The first-order chi connectivity index (χ1) is 22.5. The number of hydrogen-bond donors (Lipinski definition) is 2. The Morgan fingerprint density at radius 1 is 0.979 bits per heavy atom. The molecule has 0 spiro atoms. The maximum absolute atomic E-state index is 13.7. The van der Waals surface area contributed by atoms with Crippen LogP contribution in [0.25, 0.3) is 6.08 Å². The highest BCUT2D eigenvalue weighted by Crippen LogP contribution is 2.31. The average molecular weight is 668 g/mol. The number of alkyl halides is 4. The Hall–Kier alpha value is -4.34. The van der Waals surface area contributed by atoms with Crippen LogP contribution in [0.15, 0.2) is 91.0 Å². The van der Waals surface area contributed by atoms with Crippen molar-refractivity contribution < 1.29 is 36.9 Å². The van der Waals surface area contributed by atoms with Crippen LogP contribution in [0.2, 0.25) is 5.02 Å². The van der Waals surface area contributed by atoms with Gasteiger partial charge in [0.15, 0.2) is 0 Å². The van der Waals surface area contributed by atoms with Gasteiger partial charge in [0.2, 0.25) is 0 Å². The number of carbonyl (C=O) groups excluding carboxylic acids is 1. The molecule has 1 aliphatic carbocycles. The number of carbonyl (C=O) groups is 1. The molecule has 0 saturated heterocycles. The van der Waals surface area contributed by atoms with E-state index in [9.17, 15) is 27.5 Å². The molecule has 0 aromatic heterocycles. The molecule has 0 bridgehead atoms. The van der Waals surface area contributed by atoms with Crippen LogP contribution in [-0.2, 0) is 19.3 Å². The van der Waals surface area contributed by atoms with Crippen molar-refractivity contribution >= 4 is 23.6 Å². The normalized spacial score (nSPS) is 14.2. The third kappa shape index (κ3) is 8.53. The second-order valence-electron chi connectivity index (χ2n) is 11.3. The monoisotopic (exact) mass is 667 g/mol. The Kier molecular flexibility index (Phi) is 10.9. The summed E-state index contributed by atoms with van der Waals surface area (Å²) >= 11 is 6.22. The molecule has 0 radical (unpaired) electrons. The summed E-state index contributed by atoms with van der Waals surface area (Å²) in [5, 5.41) is 15.2. The van der Waals surface area contributed by atoms with Gasteiger partial charge in [0.1, 0.15) is 17.2 Å². The molecule has 0 heterocycles. The van der Waals surface area contributed by atoms with Crippen molar-refractivity contribution in [3.05, 3.63) is 129 Å². The molecule has 4 aromatic rings. The summed E-state index contributed by atoms with van der Waals surface area (Å²) in [4.78, 5) is 13.7. The van der Waals surface area contributed by atoms with Gasteiger partial charge in [0.25, 0.3) is 5.91 Å². The molecule has 1 aliphatic rings. The van der Waals surface area contributed by atoms with E-state index in [0.29, 0.717) is 33.2 Å². The highest BCUT2D eigenvalue weighted by atomic mass is 35.5. The van der Waals surface area contributed by atoms with E-state index in [1.807, 2.05) is 37.3 Å². The molecule has 5 rings (SSSR count). The van der Waals surface area contributed by atoms with Crippen molar-refractivity contribution in [2.45, 2.75) is 63.7 Å². The fraction of sp³-hybridized carbons (Fsp3) is 0.270. The number of amides is 1. The lowest BCUT2D eigenvalue weighted by Gasteiger charge is -2.26. The number of hydrogen-bond acceptors (Lipinski definition) is 4. The molecule has 1 amide bonds. The van der Waals surface area contributed by atoms with Crippen LogP contribution >= 0.6 is 11.6 Å². The van der Waals surface area contributed by atoms with Crippen LogP contribution in [0.4, 0.5) is 17.6 Å². The van der Waals surface area contributed by atoms with Crippen molar-refractivity contribution in [1.82, 2.24) is 5.32 Å². The van der Waals surface area contributed by atoms with Gasteiger partial charge in [-0.05, 0) is 108 Å². The minimum atomic E-state index is -4.68. The number of ether oxygens (including phenoxy) is 2. The molecule has 2 atom stereocenters. The number of aliphatic hydroxyl groups is 1. The van der Waals surface area contributed by atoms with Gasteiger partial charge in [-0.1, -0.05) is 67.1 Å². The van der Waals surface area contributed by atoms with Crippen LogP contribution in [-0.4, -0.2) is 29.6 Å². The summed E-state index contributed by atoms with van der Waals surface area (Å²) < 4.78 is 63.1. The second-order valence-corrected chi connectivity index (χ2v) is 11.7. The number of benzene rings is 4. The Bertz CT molecular complexity index is 1730. The van der Waals surface area contributed by atoms with Gasteiger partial charge in [0.05, 0.1) is 12.1 Å². The highest BCUT2D eigenvalue weighted by Gasteiger charge is 2.44. The molecular weight excluding hydrogens is 634 g/mol. The lowest BCUT2D eigenvalue weighted by Crippen LogP contribution is -2.41. The van der Waals surface area contributed by atoms with Crippen molar-refractivity contribution in [2.75, 3.05) is 0 Å². The SMILES string of the molecule is CCc1cc(Oc2ccc(C(O)C(Cc3cccc(OC(F)(F)C(F)F)c3)NC(=O)c3cccc4c3C=CCCC4)cc2)ccc1Cl. The number of aliphatic hydroxyl groups excluding tert-OH is 1. The predicted octanol–water partition coefficient (Wildman–Crippen LogP) is 9.36. The van der Waals surface area contributed by atoms with Gasteiger partial charge >= 0.3 is 12.5 Å². The van der Waals surface area contributed by atoms with E-state index in [1.165, 1.54) is 12.1 Å². The first-order valence-electron chi connectivity index (χ1n) is 15.3. The molecule has 4 aromatic carbocycles. The number of allylic oxidation sites excluding steroid dienone is 1. The second kappa shape index (κ2) is 15.0. The van der Waals surface area contributed by atoms with Gasteiger partial charge in [-0.3, -0.25) is 4.79 Å². The standard InChI is InChI=1S/C37H34ClF4NO4/c1-2-24-22-28(18-19-32(24)38)46-27-16-14-26(15-17-27)34(44)33(21-23-8-6-11-29(20-23)47-37(41,42)36(39)40)43-35(45)31-13-7-10-25-9-4-3-5-12-30(25)31/h5-8,10-20,22,33-34,36,44H,2-4,9,21H2,1H3,(H,43,45). The summed E-state index contributed by atoms with van der Waals surface area (Å²) in [5.41, 5.74) is 4.04. The van der Waals surface area contributed by atoms with Gasteiger partial charge in [-0.15, -0.1) is 0 Å². The zero-order valence-corrected chi connectivity index (χ0v) is 26.3. The third-order valence-corrected chi connectivity index (χ3v) is 8.33. The van der Waals surface area contributed by atoms with E-state index in [0.717, 1.165) is 48.4 Å². The Morgan fingerprint density at radius 3 is 2.47 bits per heavy atom. The van der Waals surface area contributed by atoms with E-state index in [-0.39, 0.29) is 6.42 Å². The largest absolute Gasteiger partial charge is 0.461 e. The molecule has 246 valence electrons. The van der Waals surface area contributed by atoms with Gasteiger partial charge in [0, 0.05) is 10.6 Å². The minimum absolute atomic E-state index is 0.0297. The van der Waals surface area contributed by atoms with Crippen LogP contribution in [0.3, 0.4) is 0 Å². The maximum atomic E-state index is 13.7. The smallest absolute Gasteiger partial charge is 0.457 e. The molecule has 10 heteroatoms. The number of nitrogens with one attached hydrogen (secondary N) is 1. The first-order valence-corrected chi connectivity index (χ1v) is 15.7. The lowest BCUT2D eigenvalue weighted by atomic mass is 9.94. The van der Waals surface area contributed by atoms with E-state index in [1.54, 1.807) is 48.5 Å². The third-order valence-electron chi connectivity index (χ3n) is 7.96.